The monoisotopic (exact) mass is 223 g/mol. The molecule has 3 atom stereocenters. The first-order valence-corrected chi connectivity index (χ1v) is 6.16. The Morgan fingerprint density at radius 3 is 2.93 bits per heavy atom. The maximum absolute atomic E-state index is 6.26. The van der Waals surface area contributed by atoms with Gasteiger partial charge in [0.25, 0.3) is 0 Å². The smallest absolute Gasteiger partial charge is 0.0342 e. The molecule has 1 aliphatic rings. The van der Waals surface area contributed by atoms with E-state index in [4.69, 9.17) is 11.6 Å². The lowest BCUT2D eigenvalue weighted by atomic mass is 9.75. The van der Waals surface area contributed by atoms with Gasteiger partial charge in [-0.15, -0.1) is 11.6 Å². The van der Waals surface area contributed by atoms with Crippen LogP contribution in [-0.2, 0) is 0 Å². The summed E-state index contributed by atoms with van der Waals surface area (Å²) >= 11 is 6.26. The first-order valence-electron chi connectivity index (χ1n) is 5.73. The highest BCUT2D eigenvalue weighted by molar-refractivity contribution is 6.20. The van der Waals surface area contributed by atoms with E-state index in [1.165, 1.54) is 24.0 Å². The molecule has 1 heterocycles. The third-order valence-corrected chi connectivity index (χ3v) is 4.01. The third kappa shape index (κ3) is 2.34. The lowest BCUT2D eigenvalue weighted by molar-refractivity contribution is 0.333. The van der Waals surface area contributed by atoms with Crippen molar-refractivity contribution in [1.29, 1.82) is 0 Å². The fraction of sp³-hybridized carbons (Fsp3) is 0.615. The molecule has 1 fully saturated rings. The van der Waals surface area contributed by atoms with Crippen LogP contribution in [0, 0.1) is 12.8 Å². The van der Waals surface area contributed by atoms with Crippen LogP contribution < -0.4 is 0 Å². The molecule has 1 nitrogen and oxygen atoms in total. The van der Waals surface area contributed by atoms with E-state index in [0.29, 0.717) is 11.3 Å². The molecule has 0 aliphatic heterocycles. The van der Waals surface area contributed by atoms with Gasteiger partial charge in [-0.3, -0.25) is 4.98 Å². The van der Waals surface area contributed by atoms with E-state index in [1.807, 2.05) is 12.4 Å². The first-order chi connectivity index (χ1) is 7.18. The van der Waals surface area contributed by atoms with Gasteiger partial charge >= 0.3 is 0 Å². The number of alkyl halides is 1. The second-order valence-electron chi connectivity index (χ2n) is 4.73. The van der Waals surface area contributed by atoms with Crippen LogP contribution in [0.1, 0.15) is 43.2 Å². The molecule has 2 heteroatoms. The maximum atomic E-state index is 6.26. The number of aryl methyl sites for hydroxylation is 1. The minimum Gasteiger partial charge on any atom is -0.264 e. The van der Waals surface area contributed by atoms with Gasteiger partial charge in [-0.2, -0.15) is 0 Å². The predicted octanol–water partition coefficient (Wildman–Crippen LogP) is 3.90. The van der Waals surface area contributed by atoms with Gasteiger partial charge in [0.05, 0.1) is 0 Å². The molecular formula is C13H18ClN. The number of hydrogen-bond acceptors (Lipinski definition) is 1. The van der Waals surface area contributed by atoms with Crippen molar-refractivity contribution in [2.75, 3.05) is 0 Å². The lowest BCUT2D eigenvalue weighted by Crippen LogP contribution is -2.22. The van der Waals surface area contributed by atoms with Crippen molar-refractivity contribution in [1.82, 2.24) is 4.98 Å². The second kappa shape index (κ2) is 4.52. The highest BCUT2D eigenvalue weighted by Crippen LogP contribution is 2.40. The molecule has 1 aromatic rings. The molecule has 1 aromatic heterocycles. The minimum absolute atomic E-state index is 0.353. The molecule has 0 amide bonds. The van der Waals surface area contributed by atoms with E-state index in [9.17, 15) is 0 Å². The maximum Gasteiger partial charge on any atom is 0.0342 e. The van der Waals surface area contributed by atoms with Crippen molar-refractivity contribution < 1.29 is 0 Å². The van der Waals surface area contributed by atoms with Crippen LogP contribution in [0.2, 0.25) is 0 Å². The van der Waals surface area contributed by atoms with E-state index >= 15 is 0 Å². The zero-order valence-electron chi connectivity index (χ0n) is 9.41. The summed E-state index contributed by atoms with van der Waals surface area (Å²) in [5.74, 6) is 1.35. The topological polar surface area (TPSA) is 12.9 Å². The summed E-state index contributed by atoms with van der Waals surface area (Å²) in [5, 5.41) is 0.353. The Bertz CT molecular complexity index is 337. The van der Waals surface area contributed by atoms with Crippen LogP contribution in [0.4, 0.5) is 0 Å². The third-order valence-electron chi connectivity index (χ3n) is 3.61. The number of halogens is 1. The molecular weight excluding hydrogens is 206 g/mol. The van der Waals surface area contributed by atoms with Gasteiger partial charge in [0, 0.05) is 17.8 Å². The normalized spacial score (nSPS) is 31.5. The molecule has 1 aliphatic carbocycles. The highest BCUT2D eigenvalue weighted by atomic mass is 35.5. The lowest BCUT2D eigenvalue weighted by Gasteiger charge is -2.32. The number of nitrogens with zero attached hydrogens (tertiary/aromatic N) is 1. The molecule has 2 rings (SSSR count). The quantitative estimate of drug-likeness (QED) is 0.658. The molecule has 0 aromatic carbocycles. The fourth-order valence-electron chi connectivity index (χ4n) is 2.57. The van der Waals surface area contributed by atoms with Crippen molar-refractivity contribution in [2.45, 2.75) is 44.4 Å². The van der Waals surface area contributed by atoms with Crippen LogP contribution >= 0.6 is 11.6 Å². The molecule has 3 unspecified atom stereocenters. The van der Waals surface area contributed by atoms with Crippen LogP contribution in [0.15, 0.2) is 18.5 Å². The second-order valence-corrected chi connectivity index (χ2v) is 5.34. The standard InChI is InChI=1S/C13H18ClN/c1-9-3-4-11(14)7-12(9)13-8-15-6-5-10(13)2/h5-6,8-9,11-12H,3-4,7H2,1-2H3. The number of rotatable bonds is 1. The average Bonchev–Trinajstić information content (AvgIpc) is 2.23. The predicted molar refractivity (Wildman–Crippen MR) is 64.4 cm³/mol. The van der Waals surface area contributed by atoms with Gasteiger partial charge < -0.3 is 0 Å². The molecule has 0 bridgehead atoms. The highest BCUT2D eigenvalue weighted by Gasteiger charge is 2.28. The van der Waals surface area contributed by atoms with Gasteiger partial charge in [0.2, 0.25) is 0 Å². The van der Waals surface area contributed by atoms with Gasteiger partial charge in [-0.05, 0) is 55.2 Å². The van der Waals surface area contributed by atoms with Gasteiger partial charge in [-0.25, -0.2) is 0 Å². The summed E-state index contributed by atoms with van der Waals surface area (Å²) in [4.78, 5) is 4.24. The van der Waals surface area contributed by atoms with Crippen molar-refractivity contribution in [3.05, 3.63) is 29.6 Å². The van der Waals surface area contributed by atoms with Crippen LogP contribution in [0.3, 0.4) is 0 Å². The Kier molecular flexibility index (Phi) is 3.30. The Labute approximate surface area is 96.9 Å². The van der Waals surface area contributed by atoms with Crippen molar-refractivity contribution in [2.24, 2.45) is 5.92 Å². The SMILES string of the molecule is Cc1ccncc1C1CC(Cl)CCC1C. The minimum atomic E-state index is 0.353. The molecule has 0 spiro atoms. The Morgan fingerprint density at radius 1 is 1.40 bits per heavy atom. The van der Waals surface area contributed by atoms with Crippen LogP contribution in [0.5, 0.6) is 0 Å². The van der Waals surface area contributed by atoms with Crippen molar-refractivity contribution in [3.63, 3.8) is 0 Å². The fourth-order valence-corrected chi connectivity index (χ4v) is 2.89. The van der Waals surface area contributed by atoms with Gasteiger partial charge in [-0.1, -0.05) is 6.92 Å². The van der Waals surface area contributed by atoms with E-state index < -0.39 is 0 Å². The zero-order valence-corrected chi connectivity index (χ0v) is 10.2. The Hall–Kier alpha value is -0.560. The van der Waals surface area contributed by atoms with Crippen LogP contribution in [0.25, 0.3) is 0 Å². The number of aromatic nitrogens is 1. The Balaban J connectivity index is 2.25. The summed E-state index contributed by atoms with van der Waals surface area (Å²) in [5.41, 5.74) is 2.75. The molecule has 15 heavy (non-hydrogen) atoms. The van der Waals surface area contributed by atoms with Crippen LogP contribution in [-0.4, -0.2) is 10.4 Å². The number of hydrogen-bond donors (Lipinski definition) is 0. The summed E-state index contributed by atoms with van der Waals surface area (Å²) in [6.07, 6.45) is 7.40. The number of pyridine rings is 1. The van der Waals surface area contributed by atoms with E-state index in [2.05, 4.69) is 24.9 Å². The molecule has 0 radical (unpaired) electrons. The summed E-state index contributed by atoms with van der Waals surface area (Å²) in [6, 6.07) is 2.10. The van der Waals surface area contributed by atoms with E-state index in [1.54, 1.807) is 0 Å². The molecule has 1 saturated carbocycles. The average molecular weight is 224 g/mol. The first kappa shape index (κ1) is 10.9. The summed E-state index contributed by atoms with van der Waals surface area (Å²) < 4.78 is 0. The molecule has 82 valence electrons. The van der Waals surface area contributed by atoms with E-state index in [0.717, 1.165) is 12.3 Å². The summed E-state index contributed by atoms with van der Waals surface area (Å²) in [7, 11) is 0. The molecule has 0 saturated heterocycles. The van der Waals surface area contributed by atoms with E-state index in [-0.39, 0.29) is 0 Å². The largest absolute Gasteiger partial charge is 0.264 e. The van der Waals surface area contributed by atoms with Crippen molar-refractivity contribution in [3.8, 4) is 0 Å². The zero-order chi connectivity index (χ0) is 10.8. The van der Waals surface area contributed by atoms with Gasteiger partial charge in [0.1, 0.15) is 0 Å². The Morgan fingerprint density at radius 2 is 2.20 bits per heavy atom. The summed E-state index contributed by atoms with van der Waals surface area (Å²) in [6.45, 7) is 4.50. The molecule has 0 N–H and O–H groups in total. The van der Waals surface area contributed by atoms with Gasteiger partial charge in [0.15, 0.2) is 0 Å². The van der Waals surface area contributed by atoms with Crippen molar-refractivity contribution >= 4 is 11.6 Å².